The Labute approximate surface area is 148 Å². The molecule has 1 aliphatic heterocycles. The van der Waals surface area contributed by atoms with Crippen molar-refractivity contribution >= 4 is 6.03 Å². The van der Waals surface area contributed by atoms with Crippen molar-refractivity contribution in [2.45, 2.75) is 24.5 Å². The van der Waals surface area contributed by atoms with Crippen molar-refractivity contribution in [2.75, 3.05) is 19.6 Å². The highest BCUT2D eigenvalue weighted by Crippen LogP contribution is 2.21. The predicted octanol–water partition coefficient (Wildman–Crippen LogP) is 2.19. The van der Waals surface area contributed by atoms with Gasteiger partial charge in [-0.05, 0) is 30.5 Å². The van der Waals surface area contributed by atoms with Gasteiger partial charge in [0.05, 0.1) is 11.6 Å². The first-order chi connectivity index (χ1) is 12.2. The maximum absolute atomic E-state index is 12.4. The van der Waals surface area contributed by atoms with Gasteiger partial charge < -0.3 is 21.1 Å². The van der Waals surface area contributed by atoms with Crippen LogP contribution in [0.25, 0.3) is 0 Å². The first kappa shape index (κ1) is 17.5. The number of aliphatic hydroxyl groups is 1. The summed E-state index contributed by atoms with van der Waals surface area (Å²) >= 11 is 0. The summed E-state index contributed by atoms with van der Waals surface area (Å²) in [7, 11) is 0. The molecule has 2 aromatic carbocycles. The zero-order valence-electron chi connectivity index (χ0n) is 14.2. The Morgan fingerprint density at radius 2 is 1.68 bits per heavy atom. The normalized spacial score (nSPS) is 20.2. The average molecular weight is 339 g/mol. The number of carbonyl (C=O) groups is 1. The van der Waals surface area contributed by atoms with Crippen LogP contribution in [0.15, 0.2) is 60.7 Å². The molecule has 1 heterocycles. The van der Waals surface area contributed by atoms with Crippen LogP contribution in [-0.2, 0) is 0 Å². The van der Waals surface area contributed by atoms with Crippen LogP contribution in [0.5, 0.6) is 0 Å². The van der Waals surface area contributed by atoms with Gasteiger partial charge in [0.1, 0.15) is 0 Å². The molecule has 1 aliphatic rings. The van der Waals surface area contributed by atoms with Gasteiger partial charge >= 0.3 is 6.03 Å². The summed E-state index contributed by atoms with van der Waals surface area (Å²) in [6, 6.07) is 19.2. The highest BCUT2D eigenvalue weighted by atomic mass is 16.3. The van der Waals surface area contributed by atoms with Crippen LogP contribution < -0.4 is 16.0 Å². The molecule has 2 aromatic rings. The molecule has 1 fully saturated rings. The van der Waals surface area contributed by atoms with Crippen molar-refractivity contribution in [2.24, 2.45) is 0 Å². The quantitative estimate of drug-likeness (QED) is 0.675. The average Bonchev–Trinajstić information content (AvgIpc) is 2.66. The molecule has 4 N–H and O–H groups in total. The van der Waals surface area contributed by atoms with Gasteiger partial charge in [-0.3, -0.25) is 0 Å². The molecule has 0 bridgehead atoms. The Balaban J connectivity index is 1.67. The van der Waals surface area contributed by atoms with Crippen molar-refractivity contribution in [3.8, 4) is 0 Å². The Bertz CT molecular complexity index is 630. The molecule has 5 heteroatoms. The monoisotopic (exact) mass is 339 g/mol. The molecule has 1 saturated heterocycles. The Morgan fingerprint density at radius 3 is 2.20 bits per heavy atom. The second-order valence-corrected chi connectivity index (χ2v) is 6.59. The van der Waals surface area contributed by atoms with Crippen LogP contribution in [-0.4, -0.2) is 36.4 Å². The van der Waals surface area contributed by atoms with Gasteiger partial charge in [-0.2, -0.15) is 0 Å². The molecule has 5 nitrogen and oxygen atoms in total. The topological polar surface area (TPSA) is 73.4 Å². The first-order valence-electron chi connectivity index (χ1n) is 8.74. The van der Waals surface area contributed by atoms with E-state index < -0.39 is 5.60 Å². The summed E-state index contributed by atoms with van der Waals surface area (Å²) in [5.41, 5.74) is 1.16. The van der Waals surface area contributed by atoms with Crippen LogP contribution in [0.2, 0.25) is 0 Å². The molecule has 0 saturated carbocycles. The Kier molecular flexibility index (Phi) is 5.68. The SMILES string of the molecule is O=C(NC[C@]1(O)CCCNC1)NC(c1ccccc1)c1ccccc1. The largest absolute Gasteiger partial charge is 0.387 e. The zero-order chi connectivity index (χ0) is 17.5. The van der Waals surface area contributed by atoms with Gasteiger partial charge in [0, 0.05) is 13.1 Å². The molecule has 2 amide bonds. The summed E-state index contributed by atoms with van der Waals surface area (Å²) in [6.45, 7) is 1.66. The van der Waals surface area contributed by atoms with Gasteiger partial charge in [0.2, 0.25) is 0 Å². The molecular formula is C20H25N3O2. The number of amides is 2. The summed E-state index contributed by atoms with van der Waals surface area (Å²) in [4.78, 5) is 12.4. The third-order valence-corrected chi connectivity index (χ3v) is 4.57. The third-order valence-electron chi connectivity index (χ3n) is 4.57. The van der Waals surface area contributed by atoms with Crippen LogP contribution in [0.3, 0.4) is 0 Å². The summed E-state index contributed by atoms with van der Waals surface area (Å²) in [6.07, 6.45) is 1.61. The fourth-order valence-electron chi connectivity index (χ4n) is 3.18. The van der Waals surface area contributed by atoms with E-state index in [1.165, 1.54) is 0 Å². The van der Waals surface area contributed by atoms with Gasteiger partial charge in [0.25, 0.3) is 0 Å². The zero-order valence-corrected chi connectivity index (χ0v) is 14.2. The number of benzene rings is 2. The van der Waals surface area contributed by atoms with Gasteiger partial charge in [-0.1, -0.05) is 60.7 Å². The van der Waals surface area contributed by atoms with Gasteiger partial charge in [0.15, 0.2) is 0 Å². The molecule has 0 unspecified atom stereocenters. The fourth-order valence-corrected chi connectivity index (χ4v) is 3.18. The lowest BCUT2D eigenvalue weighted by Crippen LogP contribution is -2.54. The summed E-state index contributed by atoms with van der Waals surface area (Å²) in [5, 5.41) is 19.5. The second-order valence-electron chi connectivity index (χ2n) is 6.59. The van der Waals surface area contributed by atoms with Crippen molar-refractivity contribution in [3.63, 3.8) is 0 Å². The lowest BCUT2D eigenvalue weighted by atomic mass is 9.94. The van der Waals surface area contributed by atoms with Crippen LogP contribution >= 0.6 is 0 Å². The number of hydrogen-bond donors (Lipinski definition) is 4. The fraction of sp³-hybridized carbons (Fsp3) is 0.350. The van der Waals surface area contributed by atoms with Crippen LogP contribution in [0.4, 0.5) is 4.79 Å². The summed E-state index contributed by atoms with van der Waals surface area (Å²) in [5.74, 6) is 0. The number of carbonyl (C=O) groups excluding carboxylic acids is 1. The molecule has 0 aromatic heterocycles. The molecular weight excluding hydrogens is 314 g/mol. The minimum absolute atomic E-state index is 0.235. The Morgan fingerprint density at radius 1 is 1.08 bits per heavy atom. The van der Waals surface area contributed by atoms with E-state index in [1.807, 2.05) is 60.7 Å². The van der Waals surface area contributed by atoms with Crippen molar-refractivity contribution in [1.29, 1.82) is 0 Å². The lowest BCUT2D eigenvalue weighted by Gasteiger charge is -2.33. The van der Waals surface area contributed by atoms with E-state index in [2.05, 4.69) is 16.0 Å². The number of nitrogens with one attached hydrogen (secondary N) is 3. The maximum Gasteiger partial charge on any atom is 0.315 e. The highest BCUT2D eigenvalue weighted by Gasteiger charge is 2.29. The van der Waals surface area contributed by atoms with E-state index in [1.54, 1.807) is 0 Å². The molecule has 0 aliphatic carbocycles. The smallest absolute Gasteiger partial charge is 0.315 e. The maximum atomic E-state index is 12.4. The number of urea groups is 1. The van der Waals surface area contributed by atoms with E-state index in [-0.39, 0.29) is 18.6 Å². The number of hydrogen-bond acceptors (Lipinski definition) is 3. The number of piperidine rings is 1. The molecule has 132 valence electrons. The van der Waals surface area contributed by atoms with Crippen LogP contribution in [0.1, 0.15) is 30.0 Å². The Hall–Kier alpha value is -2.37. The molecule has 3 rings (SSSR count). The molecule has 0 spiro atoms. The van der Waals surface area contributed by atoms with Gasteiger partial charge in [-0.15, -0.1) is 0 Å². The van der Waals surface area contributed by atoms with E-state index in [4.69, 9.17) is 0 Å². The first-order valence-corrected chi connectivity index (χ1v) is 8.74. The van der Waals surface area contributed by atoms with E-state index >= 15 is 0 Å². The molecule has 1 atom stereocenters. The minimum atomic E-state index is -0.870. The molecule has 25 heavy (non-hydrogen) atoms. The highest BCUT2D eigenvalue weighted by molar-refractivity contribution is 5.75. The van der Waals surface area contributed by atoms with Crippen molar-refractivity contribution in [1.82, 2.24) is 16.0 Å². The van der Waals surface area contributed by atoms with Crippen LogP contribution in [0, 0.1) is 0 Å². The third kappa shape index (κ3) is 4.81. The van der Waals surface area contributed by atoms with Gasteiger partial charge in [-0.25, -0.2) is 4.79 Å². The molecule has 0 radical (unpaired) electrons. The standard InChI is InChI=1S/C20H25N3O2/c24-19(22-15-20(25)12-7-13-21-14-20)23-18(16-8-3-1-4-9-16)17-10-5-2-6-11-17/h1-6,8-11,18,21,25H,7,12-15H2,(H2,22,23,24)/t20-/m0/s1. The minimum Gasteiger partial charge on any atom is -0.387 e. The van der Waals surface area contributed by atoms with E-state index in [9.17, 15) is 9.90 Å². The number of rotatable bonds is 5. The lowest BCUT2D eigenvalue weighted by molar-refractivity contribution is 0.0194. The van der Waals surface area contributed by atoms with E-state index in [0.29, 0.717) is 13.0 Å². The van der Waals surface area contributed by atoms with Crippen molar-refractivity contribution < 1.29 is 9.90 Å². The number of β-amino-alcohol motifs (C(OH)–C–C–N with tert-alkyl or cyclic N) is 1. The van der Waals surface area contributed by atoms with E-state index in [0.717, 1.165) is 24.1 Å². The van der Waals surface area contributed by atoms with Crippen molar-refractivity contribution in [3.05, 3.63) is 71.8 Å². The predicted molar refractivity (Wildman–Crippen MR) is 98.3 cm³/mol. The second kappa shape index (κ2) is 8.14. The summed E-state index contributed by atoms with van der Waals surface area (Å²) < 4.78 is 0.